The largest absolute Gasteiger partial charge is 0.444 e. The molecule has 0 saturated carbocycles. The first-order valence-electron chi connectivity index (χ1n) is 6.02. The molecule has 0 fully saturated rings. The van der Waals surface area contributed by atoms with E-state index in [9.17, 15) is 10.1 Å². The Labute approximate surface area is 113 Å². The predicted octanol–water partition coefficient (Wildman–Crippen LogP) is 3.23. The fraction of sp³-hybridized carbons (Fsp3) is 0.500. The lowest BCUT2D eigenvalue weighted by molar-refractivity contribution is 0.0635. The van der Waals surface area contributed by atoms with Gasteiger partial charge >= 0.3 is 6.09 Å². The van der Waals surface area contributed by atoms with Gasteiger partial charge in [-0.15, -0.1) is 0 Å². The van der Waals surface area contributed by atoms with Crippen molar-refractivity contribution in [2.45, 2.75) is 45.6 Å². The summed E-state index contributed by atoms with van der Waals surface area (Å²) in [5.41, 5.74) is -0.661. The number of carbonyl (C=O) groups excluding carboxylic acids is 1. The van der Waals surface area contributed by atoms with Crippen LogP contribution < -0.4 is 5.32 Å². The third-order valence-corrected chi connectivity index (χ3v) is 2.38. The second-order valence-corrected chi connectivity index (χ2v) is 5.76. The maximum Gasteiger partial charge on any atom is 0.413 e. The number of hydrogen-bond donors (Lipinski definition) is 1. The fourth-order valence-corrected chi connectivity index (χ4v) is 1.47. The highest BCUT2D eigenvalue weighted by molar-refractivity contribution is 5.85. The zero-order valence-corrected chi connectivity index (χ0v) is 11.9. The quantitative estimate of drug-likeness (QED) is 0.886. The van der Waals surface area contributed by atoms with Crippen molar-refractivity contribution in [1.29, 1.82) is 5.26 Å². The van der Waals surface area contributed by atoms with Crippen LogP contribution in [0.5, 0.6) is 0 Å². The van der Waals surface area contributed by atoms with Crippen LogP contribution in [0.2, 0.25) is 0 Å². The number of aromatic nitrogens is 1. The molecule has 1 aromatic rings. The summed E-state index contributed by atoms with van der Waals surface area (Å²) in [7, 11) is 0. The minimum atomic E-state index is -0.737. The highest BCUT2D eigenvalue weighted by atomic mass is 16.6. The van der Waals surface area contributed by atoms with Crippen LogP contribution >= 0.6 is 0 Å². The number of rotatable bonds is 2. The van der Waals surface area contributed by atoms with Gasteiger partial charge in [0.1, 0.15) is 11.4 Å². The van der Waals surface area contributed by atoms with E-state index in [1.165, 1.54) is 0 Å². The Kier molecular flexibility index (Phi) is 4.15. The number of pyridine rings is 1. The Morgan fingerprint density at radius 1 is 1.37 bits per heavy atom. The van der Waals surface area contributed by atoms with E-state index >= 15 is 0 Å². The number of hydrogen-bond acceptors (Lipinski definition) is 4. The summed E-state index contributed by atoms with van der Waals surface area (Å²) in [6, 6.07) is 5.69. The molecule has 0 saturated heterocycles. The van der Waals surface area contributed by atoms with Crippen molar-refractivity contribution in [2.24, 2.45) is 0 Å². The molecule has 0 atom stereocenters. The molecule has 0 unspecified atom stereocenters. The first-order valence-corrected chi connectivity index (χ1v) is 6.02. The fourth-order valence-electron chi connectivity index (χ4n) is 1.47. The second kappa shape index (κ2) is 5.27. The number of anilines is 1. The van der Waals surface area contributed by atoms with Crippen molar-refractivity contribution in [3.05, 3.63) is 23.9 Å². The third-order valence-electron chi connectivity index (χ3n) is 2.38. The molecule has 1 aromatic heterocycles. The molecule has 0 aromatic carbocycles. The van der Waals surface area contributed by atoms with E-state index in [4.69, 9.17) is 4.74 Å². The lowest BCUT2D eigenvalue weighted by atomic mass is 9.87. The van der Waals surface area contributed by atoms with Gasteiger partial charge in [0.2, 0.25) is 0 Å². The number of ether oxygens (including phenoxy) is 1. The lowest BCUT2D eigenvalue weighted by Crippen LogP contribution is -2.28. The number of nitriles is 1. The minimum absolute atomic E-state index is 0.350. The number of nitrogens with one attached hydrogen (secondary N) is 1. The maximum absolute atomic E-state index is 11.7. The van der Waals surface area contributed by atoms with Crippen LogP contribution in [-0.4, -0.2) is 16.7 Å². The normalized spacial score (nSPS) is 11.6. The molecule has 102 valence electrons. The molecular formula is C14H19N3O2. The molecular weight excluding hydrogens is 242 g/mol. The Morgan fingerprint density at radius 3 is 2.53 bits per heavy atom. The Balaban J connectivity index is 2.98. The molecule has 0 radical (unpaired) electrons. The van der Waals surface area contributed by atoms with Gasteiger partial charge in [0.25, 0.3) is 0 Å². The van der Waals surface area contributed by atoms with Crippen molar-refractivity contribution < 1.29 is 9.53 Å². The molecule has 1 N–H and O–H groups in total. The van der Waals surface area contributed by atoms with Crippen molar-refractivity contribution in [3.63, 3.8) is 0 Å². The average Bonchev–Trinajstić information content (AvgIpc) is 2.27. The van der Waals surface area contributed by atoms with Gasteiger partial charge in [0.05, 0.1) is 11.5 Å². The van der Waals surface area contributed by atoms with E-state index < -0.39 is 17.1 Å². The summed E-state index contributed by atoms with van der Waals surface area (Å²) < 4.78 is 5.17. The number of amides is 1. The van der Waals surface area contributed by atoms with E-state index in [2.05, 4.69) is 16.4 Å². The Morgan fingerprint density at radius 2 is 2.00 bits per heavy atom. The van der Waals surface area contributed by atoms with E-state index in [-0.39, 0.29) is 0 Å². The summed E-state index contributed by atoms with van der Waals surface area (Å²) in [6.07, 6.45) is 0.977. The van der Waals surface area contributed by atoms with Gasteiger partial charge in [-0.05, 0) is 40.7 Å². The van der Waals surface area contributed by atoms with Gasteiger partial charge in [-0.1, -0.05) is 6.07 Å². The molecule has 0 aliphatic rings. The molecule has 5 nitrogen and oxygen atoms in total. The minimum Gasteiger partial charge on any atom is -0.444 e. The summed E-state index contributed by atoms with van der Waals surface area (Å²) in [5.74, 6) is 0.350. The van der Waals surface area contributed by atoms with E-state index in [1.807, 2.05) is 0 Å². The van der Waals surface area contributed by atoms with Gasteiger partial charge in [-0.25, -0.2) is 9.78 Å². The van der Waals surface area contributed by atoms with E-state index in [0.29, 0.717) is 11.4 Å². The highest BCUT2D eigenvalue weighted by Gasteiger charge is 2.25. The molecule has 0 spiro atoms. The molecule has 0 bridgehead atoms. The summed E-state index contributed by atoms with van der Waals surface area (Å²) in [6.45, 7) is 8.88. The van der Waals surface area contributed by atoms with Crippen molar-refractivity contribution in [3.8, 4) is 6.07 Å². The van der Waals surface area contributed by atoms with Crippen LogP contribution in [-0.2, 0) is 10.2 Å². The first-order chi connectivity index (χ1) is 8.65. The standard InChI is InChI=1S/C14H19N3O2/c1-13(2,3)19-12(18)17-11-10(7-6-8-16-11)14(4,5)9-15/h6-8H,1-5H3,(H,16,17,18). The first kappa shape index (κ1) is 15.0. The van der Waals surface area contributed by atoms with Crippen LogP contribution in [0.3, 0.4) is 0 Å². The maximum atomic E-state index is 11.7. The predicted molar refractivity (Wildman–Crippen MR) is 72.7 cm³/mol. The number of nitrogens with zero attached hydrogens (tertiary/aromatic N) is 2. The summed E-state index contributed by atoms with van der Waals surface area (Å²) >= 11 is 0. The topological polar surface area (TPSA) is 75.0 Å². The van der Waals surface area contributed by atoms with Crippen LogP contribution in [0.4, 0.5) is 10.6 Å². The lowest BCUT2D eigenvalue weighted by Gasteiger charge is -2.22. The van der Waals surface area contributed by atoms with Crippen LogP contribution in [0.25, 0.3) is 0 Å². The average molecular weight is 261 g/mol. The van der Waals surface area contributed by atoms with Crippen molar-refractivity contribution >= 4 is 11.9 Å². The highest BCUT2D eigenvalue weighted by Crippen LogP contribution is 2.27. The molecule has 0 aliphatic heterocycles. The van der Waals surface area contributed by atoms with Crippen LogP contribution in [0.1, 0.15) is 40.2 Å². The van der Waals surface area contributed by atoms with Gasteiger partial charge < -0.3 is 4.74 Å². The van der Waals surface area contributed by atoms with Gasteiger partial charge in [-0.3, -0.25) is 5.32 Å². The van der Waals surface area contributed by atoms with Gasteiger partial charge in [0, 0.05) is 11.8 Å². The zero-order chi connectivity index (χ0) is 14.7. The third kappa shape index (κ3) is 4.25. The van der Waals surface area contributed by atoms with Gasteiger partial charge in [-0.2, -0.15) is 5.26 Å². The monoisotopic (exact) mass is 261 g/mol. The number of carbonyl (C=O) groups is 1. The molecule has 1 rings (SSSR count). The van der Waals surface area contributed by atoms with Crippen LogP contribution in [0, 0.1) is 11.3 Å². The van der Waals surface area contributed by atoms with E-state index in [1.54, 1.807) is 52.9 Å². The van der Waals surface area contributed by atoms with Crippen molar-refractivity contribution in [1.82, 2.24) is 4.98 Å². The smallest absolute Gasteiger partial charge is 0.413 e. The summed E-state index contributed by atoms with van der Waals surface area (Å²) in [5, 5.41) is 11.8. The van der Waals surface area contributed by atoms with Gasteiger partial charge in [0.15, 0.2) is 0 Å². The summed E-state index contributed by atoms with van der Waals surface area (Å²) in [4.78, 5) is 15.8. The molecule has 0 aliphatic carbocycles. The van der Waals surface area contributed by atoms with Crippen molar-refractivity contribution in [2.75, 3.05) is 5.32 Å². The molecule has 1 heterocycles. The SMILES string of the molecule is CC(C)(C)OC(=O)Nc1ncccc1C(C)(C)C#N. The molecule has 5 heteroatoms. The van der Waals surface area contributed by atoms with Crippen LogP contribution in [0.15, 0.2) is 18.3 Å². The van der Waals surface area contributed by atoms with E-state index in [0.717, 1.165) is 0 Å². The second-order valence-electron chi connectivity index (χ2n) is 5.76. The molecule has 1 amide bonds. The Hall–Kier alpha value is -2.09. The Bertz CT molecular complexity index is 510. The molecule has 19 heavy (non-hydrogen) atoms. The zero-order valence-electron chi connectivity index (χ0n) is 11.9.